The number of carbonyl (C=O) groups excluding carboxylic acids is 1. The van der Waals surface area contributed by atoms with Gasteiger partial charge < -0.3 is 10.2 Å². The van der Waals surface area contributed by atoms with E-state index in [1.54, 1.807) is 11.8 Å². The summed E-state index contributed by atoms with van der Waals surface area (Å²) in [6.45, 7) is 3.75. The second-order valence-electron chi connectivity index (χ2n) is 5.78. The van der Waals surface area contributed by atoms with Crippen molar-refractivity contribution in [2.45, 2.75) is 6.92 Å². The predicted molar refractivity (Wildman–Crippen MR) is 100 cm³/mol. The van der Waals surface area contributed by atoms with Crippen LogP contribution >= 0.6 is 11.8 Å². The molecule has 120 valence electrons. The number of nitrogens with zero attached hydrogens (tertiary/aromatic N) is 2. The second kappa shape index (κ2) is 6.17. The number of hydrogen-bond donors (Lipinski definition) is 1. The summed E-state index contributed by atoms with van der Waals surface area (Å²) in [7, 11) is 0. The van der Waals surface area contributed by atoms with Crippen molar-refractivity contribution in [3.05, 3.63) is 70.6 Å². The molecular weight excluding hydrogens is 318 g/mol. The summed E-state index contributed by atoms with van der Waals surface area (Å²) in [5.41, 5.74) is 4.81. The predicted octanol–water partition coefficient (Wildman–Crippen LogP) is 3.96. The van der Waals surface area contributed by atoms with E-state index in [0.29, 0.717) is 5.56 Å². The van der Waals surface area contributed by atoms with E-state index in [0.717, 1.165) is 35.1 Å². The minimum Gasteiger partial charge on any atom is -0.322 e. The fourth-order valence-corrected chi connectivity index (χ4v) is 3.86. The number of aliphatic imine (C=N–C) groups is 1. The molecule has 2 aliphatic heterocycles. The van der Waals surface area contributed by atoms with E-state index in [-0.39, 0.29) is 5.91 Å². The Labute approximate surface area is 145 Å². The normalized spacial score (nSPS) is 15.8. The molecule has 4 rings (SSSR count). The van der Waals surface area contributed by atoms with Crippen LogP contribution in [0.2, 0.25) is 0 Å². The van der Waals surface area contributed by atoms with Gasteiger partial charge in [0.1, 0.15) is 0 Å². The number of amidine groups is 1. The van der Waals surface area contributed by atoms with E-state index < -0.39 is 0 Å². The molecule has 2 aromatic carbocycles. The van der Waals surface area contributed by atoms with Gasteiger partial charge in [-0.15, -0.1) is 0 Å². The fourth-order valence-electron chi connectivity index (χ4n) is 2.90. The highest BCUT2D eigenvalue weighted by atomic mass is 32.2. The molecule has 24 heavy (non-hydrogen) atoms. The number of nitrogens with one attached hydrogen (secondary N) is 1. The van der Waals surface area contributed by atoms with Crippen molar-refractivity contribution in [3.8, 4) is 0 Å². The number of fused-ring (bicyclic) bond motifs is 1. The summed E-state index contributed by atoms with van der Waals surface area (Å²) in [5, 5.41) is 6.19. The Morgan fingerprint density at radius 2 is 1.96 bits per heavy atom. The topological polar surface area (TPSA) is 44.7 Å². The molecule has 0 aliphatic carbocycles. The maximum absolute atomic E-state index is 12.4. The van der Waals surface area contributed by atoms with Crippen LogP contribution in [0.5, 0.6) is 0 Å². The van der Waals surface area contributed by atoms with Crippen LogP contribution in [0.3, 0.4) is 0 Å². The fraction of sp³-hybridized carbons (Fsp3) is 0.158. The third-order valence-electron chi connectivity index (χ3n) is 4.20. The number of carbonyl (C=O) groups is 1. The van der Waals surface area contributed by atoms with E-state index >= 15 is 0 Å². The van der Waals surface area contributed by atoms with Crippen molar-refractivity contribution in [3.63, 3.8) is 0 Å². The van der Waals surface area contributed by atoms with Gasteiger partial charge in [0.2, 0.25) is 0 Å². The number of anilines is 1. The maximum Gasteiger partial charge on any atom is 0.255 e. The molecule has 2 aliphatic rings. The third-order valence-corrected chi connectivity index (χ3v) is 5.10. The van der Waals surface area contributed by atoms with Crippen LogP contribution in [0.1, 0.15) is 21.5 Å². The third kappa shape index (κ3) is 2.71. The first kappa shape index (κ1) is 15.0. The highest BCUT2D eigenvalue weighted by molar-refractivity contribution is 8.16. The molecular formula is C19H17N3OS. The quantitative estimate of drug-likeness (QED) is 0.923. The van der Waals surface area contributed by atoms with Crippen molar-refractivity contribution >= 4 is 34.2 Å². The molecule has 1 amide bonds. The highest BCUT2D eigenvalue weighted by Crippen LogP contribution is 2.35. The van der Waals surface area contributed by atoms with Crippen molar-refractivity contribution < 1.29 is 4.79 Å². The number of benzene rings is 2. The van der Waals surface area contributed by atoms with E-state index in [1.165, 1.54) is 5.70 Å². The van der Waals surface area contributed by atoms with Gasteiger partial charge in [-0.1, -0.05) is 42.1 Å². The van der Waals surface area contributed by atoms with Gasteiger partial charge in [0.15, 0.2) is 5.17 Å². The van der Waals surface area contributed by atoms with Crippen LogP contribution in [0.15, 0.2) is 58.9 Å². The average molecular weight is 335 g/mol. The zero-order valence-electron chi connectivity index (χ0n) is 13.3. The van der Waals surface area contributed by atoms with Gasteiger partial charge in [0.05, 0.1) is 12.2 Å². The largest absolute Gasteiger partial charge is 0.322 e. The Hall–Kier alpha value is -2.53. The lowest BCUT2D eigenvalue weighted by molar-refractivity contribution is 0.102. The van der Waals surface area contributed by atoms with E-state index in [1.807, 2.05) is 55.5 Å². The molecule has 0 unspecified atom stereocenters. The minimum atomic E-state index is -0.0783. The number of thioether (sulfide) groups is 1. The van der Waals surface area contributed by atoms with Crippen molar-refractivity contribution in [2.75, 3.05) is 18.4 Å². The summed E-state index contributed by atoms with van der Waals surface area (Å²) in [4.78, 5) is 19.1. The number of amides is 1. The van der Waals surface area contributed by atoms with Gasteiger partial charge in [-0.05, 0) is 36.2 Å². The summed E-state index contributed by atoms with van der Waals surface area (Å²) in [6, 6.07) is 15.6. The lowest BCUT2D eigenvalue weighted by atomic mass is 10.1. The Morgan fingerprint density at radius 3 is 2.75 bits per heavy atom. The van der Waals surface area contributed by atoms with Gasteiger partial charge in [-0.25, -0.2) is 0 Å². The first-order valence-corrected chi connectivity index (χ1v) is 8.76. The molecule has 5 heteroatoms. The molecule has 0 atom stereocenters. The molecule has 2 aromatic rings. The summed E-state index contributed by atoms with van der Waals surface area (Å²) in [5.74, 6) is -0.0783. The van der Waals surface area contributed by atoms with E-state index in [4.69, 9.17) is 0 Å². The van der Waals surface area contributed by atoms with Gasteiger partial charge in [0.25, 0.3) is 5.91 Å². The zero-order chi connectivity index (χ0) is 16.5. The van der Waals surface area contributed by atoms with E-state index in [2.05, 4.69) is 20.6 Å². The first-order chi connectivity index (χ1) is 11.7. The molecule has 0 bridgehead atoms. The lowest BCUT2D eigenvalue weighted by Crippen LogP contribution is -2.19. The maximum atomic E-state index is 12.4. The van der Waals surface area contributed by atoms with Crippen LogP contribution in [-0.4, -0.2) is 29.1 Å². The smallest absolute Gasteiger partial charge is 0.255 e. The molecule has 4 nitrogen and oxygen atoms in total. The summed E-state index contributed by atoms with van der Waals surface area (Å²) < 4.78 is 0. The van der Waals surface area contributed by atoms with Crippen molar-refractivity contribution in [1.82, 2.24) is 4.90 Å². The summed E-state index contributed by atoms with van der Waals surface area (Å²) in [6.07, 6.45) is 0. The Bertz CT molecular complexity index is 855. The number of aryl methyl sites for hydroxylation is 1. The molecule has 0 fully saturated rings. The molecule has 0 aromatic heterocycles. The van der Waals surface area contributed by atoms with Crippen LogP contribution in [0.25, 0.3) is 5.70 Å². The van der Waals surface area contributed by atoms with Gasteiger partial charge in [-0.2, -0.15) is 0 Å². The van der Waals surface area contributed by atoms with E-state index in [9.17, 15) is 4.79 Å². The highest BCUT2D eigenvalue weighted by Gasteiger charge is 2.26. The number of rotatable bonds is 3. The van der Waals surface area contributed by atoms with Crippen molar-refractivity contribution in [2.24, 2.45) is 4.99 Å². The molecule has 0 saturated heterocycles. The molecule has 2 heterocycles. The van der Waals surface area contributed by atoms with Gasteiger partial charge in [0, 0.05) is 23.2 Å². The van der Waals surface area contributed by atoms with Crippen LogP contribution in [0, 0.1) is 6.92 Å². The molecule has 0 radical (unpaired) electrons. The molecule has 0 spiro atoms. The van der Waals surface area contributed by atoms with Crippen LogP contribution in [0.4, 0.5) is 5.69 Å². The van der Waals surface area contributed by atoms with Gasteiger partial charge in [-0.3, -0.25) is 9.79 Å². The minimum absolute atomic E-state index is 0.0783. The average Bonchev–Trinajstić information content (AvgIpc) is 3.19. The SMILES string of the molecule is Cc1ccccc1C(=O)Nc1ccc(C2=CSC3=NCCN23)cc1. The molecule has 0 saturated carbocycles. The Kier molecular flexibility index (Phi) is 3.86. The van der Waals surface area contributed by atoms with Crippen molar-refractivity contribution in [1.29, 1.82) is 0 Å². The molecule has 1 N–H and O–H groups in total. The zero-order valence-corrected chi connectivity index (χ0v) is 14.1. The first-order valence-electron chi connectivity index (χ1n) is 7.88. The summed E-state index contributed by atoms with van der Waals surface area (Å²) >= 11 is 1.67. The standard InChI is InChI=1S/C19H17N3OS/c1-13-4-2-3-5-16(13)18(23)21-15-8-6-14(7-9-15)17-12-24-19-20-10-11-22(17)19/h2-9,12H,10-11H2,1H3,(H,21,23). The monoisotopic (exact) mass is 335 g/mol. The lowest BCUT2D eigenvalue weighted by Gasteiger charge is -2.17. The van der Waals surface area contributed by atoms with Crippen LogP contribution < -0.4 is 5.32 Å². The van der Waals surface area contributed by atoms with Gasteiger partial charge >= 0.3 is 0 Å². The van der Waals surface area contributed by atoms with Crippen LogP contribution in [-0.2, 0) is 0 Å². The number of hydrogen-bond acceptors (Lipinski definition) is 4. The second-order valence-corrected chi connectivity index (χ2v) is 6.62. The Morgan fingerprint density at radius 1 is 1.17 bits per heavy atom. The Balaban J connectivity index is 1.50.